The number of methoxy groups -OCH3 is 3. The summed E-state index contributed by atoms with van der Waals surface area (Å²) in [7, 11) is 4.76. The van der Waals surface area contributed by atoms with E-state index in [9.17, 15) is 0 Å². The van der Waals surface area contributed by atoms with Crippen LogP contribution in [0.15, 0.2) is 30.9 Å². The molecule has 0 aliphatic carbocycles. The zero-order chi connectivity index (χ0) is 24.4. The molecule has 34 heavy (non-hydrogen) atoms. The molecule has 4 aromatic rings. The summed E-state index contributed by atoms with van der Waals surface area (Å²) in [5.41, 5.74) is 1.63. The van der Waals surface area contributed by atoms with Crippen LogP contribution in [0.5, 0.6) is 17.2 Å². The molecule has 0 aliphatic heterocycles. The van der Waals surface area contributed by atoms with Crippen molar-refractivity contribution in [3.8, 4) is 22.9 Å². The van der Waals surface area contributed by atoms with Gasteiger partial charge in [0.2, 0.25) is 5.75 Å². The maximum atomic E-state index is 5.48. The fraction of sp³-hybridized carbons (Fsp3) is 0.417. The molecule has 1 atom stereocenters. The Bertz CT molecular complexity index is 1270. The van der Waals surface area contributed by atoms with Gasteiger partial charge in [-0.2, -0.15) is 5.10 Å². The van der Waals surface area contributed by atoms with Crippen molar-refractivity contribution in [2.24, 2.45) is 0 Å². The van der Waals surface area contributed by atoms with Gasteiger partial charge in [-0.1, -0.05) is 20.8 Å². The first-order valence-corrected chi connectivity index (χ1v) is 11.3. The van der Waals surface area contributed by atoms with E-state index in [4.69, 9.17) is 24.2 Å². The summed E-state index contributed by atoms with van der Waals surface area (Å²) in [6.07, 6.45) is 6.36. The number of ether oxygens (including phenoxy) is 3. The smallest absolute Gasteiger partial charge is 0.203 e. The van der Waals surface area contributed by atoms with Crippen molar-refractivity contribution in [1.82, 2.24) is 29.3 Å². The second kappa shape index (κ2) is 9.58. The topological polar surface area (TPSA) is 101 Å². The second-order valence-electron chi connectivity index (χ2n) is 8.34. The van der Waals surface area contributed by atoms with Gasteiger partial charge in [0, 0.05) is 18.1 Å². The molecule has 4 rings (SSSR count). The Morgan fingerprint density at radius 3 is 2.29 bits per heavy atom. The number of rotatable bonds is 9. The first kappa shape index (κ1) is 23.3. The van der Waals surface area contributed by atoms with Crippen molar-refractivity contribution in [2.75, 3.05) is 26.6 Å². The van der Waals surface area contributed by atoms with Gasteiger partial charge in [-0.25, -0.2) is 19.6 Å². The fourth-order valence-electron chi connectivity index (χ4n) is 3.66. The number of nitrogens with zero attached hydrogens (tertiary/aromatic N) is 6. The molecule has 0 aliphatic rings. The second-order valence-corrected chi connectivity index (χ2v) is 8.34. The van der Waals surface area contributed by atoms with E-state index in [1.165, 1.54) is 0 Å². The lowest BCUT2D eigenvalue weighted by Crippen LogP contribution is -2.09. The molecule has 0 spiro atoms. The van der Waals surface area contributed by atoms with Gasteiger partial charge in [0.15, 0.2) is 17.1 Å². The molecule has 3 heterocycles. The van der Waals surface area contributed by atoms with Crippen LogP contribution in [0.3, 0.4) is 0 Å². The molecule has 0 saturated heterocycles. The van der Waals surface area contributed by atoms with Crippen molar-refractivity contribution < 1.29 is 14.2 Å². The molecule has 180 valence electrons. The van der Waals surface area contributed by atoms with Gasteiger partial charge in [0.1, 0.15) is 23.8 Å². The van der Waals surface area contributed by atoms with Gasteiger partial charge < -0.3 is 24.1 Å². The maximum Gasteiger partial charge on any atom is 0.203 e. The van der Waals surface area contributed by atoms with Crippen LogP contribution >= 0.6 is 0 Å². The normalized spacial score (nSPS) is 12.2. The number of nitrogens with one attached hydrogen (secondary N) is 1. The van der Waals surface area contributed by atoms with Gasteiger partial charge in [0.25, 0.3) is 0 Å². The molecule has 10 heteroatoms. The lowest BCUT2D eigenvalue weighted by atomic mass is 10.2. The van der Waals surface area contributed by atoms with Gasteiger partial charge in [-0.3, -0.25) is 0 Å². The first-order chi connectivity index (χ1) is 16.4. The van der Waals surface area contributed by atoms with E-state index in [0.717, 1.165) is 29.0 Å². The summed E-state index contributed by atoms with van der Waals surface area (Å²) < 4.78 is 20.2. The lowest BCUT2D eigenvalue weighted by Gasteiger charge is -2.14. The Labute approximate surface area is 198 Å². The Balaban J connectivity index is 1.73. The standard InChI is InChI=1S/C24H31N7O3/c1-8-15(4)31-24-17(11-26-31)23(28-22(29-24)14(2)3)27-20-12-30(13-25-20)16-9-18(32-5)21(34-7)19(10-16)33-6/h9-15H,8H2,1-7H3,(H,27,28,29). The van der Waals surface area contributed by atoms with Crippen LogP contribution in [-0.4, -0.2) is 50.6 Å². The van der Waals surface area contributed by atoms with E-state index in [1.807, 2.05) is 33.8 Å². The molecular formula is C24H31N7O3. The SMILES string of the molecule is CCC(C)n1ncc2c(Nc3cn(-c4cc(OC)c(OC)c(OC)c4)cn3)nc(C(C)C)nc21. The Morgan fingerprint density at radius 1 is 1.00 bits per heavy atom. The van der Waals surface area contributed by atoms with Crippen LogP contribution in [0, 0.1) is 0 Å². The lowest BCUT2D eigenvalue weighted by molar-refractivity contribution is 0.324. The zero-order valence-electron chi connectivity index (χ0n) is 20.7. The zero-order valence-corrected chi connectivity index (χ0v) is 20.7. The highest BCUT2D eigenvalue weighted by Gasteiger charge is 2.18. The molecule has 3 aromatic heterocycles. The molecular weight excluding hydrogens is 434 g/mol. The average Bonchev–Trinajstić information content (AvgIpc) is 3.49. The quantitative estimate of drug-likeness (QED) is 0.373. The molecule has 1 aromatic carbocycles. The Hall–Kier alpha value is -3.82. The molecule has 1 N–H and O–H groups in total. The highest BCUT2D eigenvalue weighted by molar-refractivity contribution is 5.88. The van der Waals surface area contributed by atoms with Gasteiger partial charge in [-0.15, -0.1) is 0 Å². The van der Waals surface area contributed by atoms with Crippen molar-refractivity contribution in [2.45, 2.75) is 46.1 Å². The predicted molar refractivity (Wildman–Crippen MR) is 131 cm³/mol. The summed E-state index contributed by atoms with van der Waals surface area (Å²) in [5.74, 6) is 3.91. The molecule has 1 unspecified atom stereocenters. The number of aromatic nitrogens is 6. The van der Waals surface area contributed by atoms with E-state index in [-0.39, 0.29) is 12.0 Å². The minimum atomic E-state index is 0.169. The van der Waals surface area contributed by atoms with Gasteiger partial charge in [-0.05, 0) is 13.3 Å². The molecule has 10 nitrogen and oxygen atoms in total. The third-order valence-corrected chi connectivity index (χ3v) is 5.77. The molecule has 0 bridgehead atoms. The average molecular weight is 466 g/mol. The maximum absolute atomic E-state index is 5.48. The summed E-state index contributed by atoms with van der Waals surface area (Å²) >= 11 is 0. The van der Waals surface area contributed by atoms with E-state index >= 15 is 0 Å². The van der Waals surface area contributed by atoms with Crippen LogP contribution in [-0.2, 0) is 0 Å². The van der Waals surface area contributed by atoms with Crippen molar-refractivity contribution >= 4 is 22.7 Å². The predicted octanol–water partition coefficient (Wildman–Crippen LogP) is 4.88. The monoisotopic (exact) mass is 465 g/mol. The van der Waals surface area contributed by atoms with Gasteiger partial charge in [0.05, 0.1) is 50.8 Å². The van der Waals surface area contributed by atoms with Crippen LogP contribution in [0.2, 0.25) is 0 Å². The van der Waals surface area contributed by atoms with E-state index in [2.05, 4.69) is 43.1 Å². The molecule has 0 fully saturated rings. The highest BCUT2D eigenvalue weighted by atomic mass is 16.5. The number of imidazole rings is 1. The minimum Gasteiger partial charge on any atom is -0.493 e. The third-order valence-electron chi connectivity index (χ3n) is 5.77. The van der Waals surface area contributed by atoms with Crippen molar-refractivity contribution in [3.05, 3.63) is 36.7 Å². The Kier molecular flexibility index (Phi) is 6.58. The van der Waals surface area contributed by atoms with Crippen molar-refractivity contribution in [1.29, 1.82) is 0 Å². The summed E-state index contributed by atoms with van der Waals surface area (Å²) in [6.45, 7) is 8.43. The number of benzene rings is 1. The minimum absolute atomic E-state index is 0.169. The molecule has 0 radical (unpaired) electrons. The van der Waals surface area contributed by atoms with Crippen LogP contribution in [0.25, 0.3) is 16.7 Å². The summed E-state index contributed by atoms with van der Waals surface area (Å²) in [4.78, 5) is 14.1. The number of hydrogen-bond donors (Lipinski definition) is 1. The first-order valence-electron chi connectivity index (χ1n) is 11.3. The van der Waals surface area contributed by atoms with E-state index in [0.29, 0.717) is 28.9 Å². The van der Waals surface area contributed by atoms with Crippen LogP contribution in [0.1, 0.15) is 51.9 Å². The number of fused-ring (bicyclic) bond motifs is 1. The highest BCUT2D eigenvalue weighted by Crippen LogP contribution is 2.39. The van der Waals surface area contributed by atoms with E-state index in [1.54, 1.807) is 27.7 Å². The molecule has 0 amide bonds. The summed E-state index contributed by atoms with van der Waals surface area (Å²) in [5, 5.41) is 8.80. The van der Waals surface area contributed by atoms with Crippen LogP contribution in [0.4, 0.5) is 11.6 Å². The molecule has 0 saturated carbocycles. The summed E-state index contributed by atoms with van der Waals surface area (Å²) in [6, 6.07) is 3.96. The third kappa shape index (κ3) is 4.23. The van der Waals surface area contributed by atoms with E-state index < -0.39 is 0 Å². The fourth-order valence-corrected chi connectivity index (χ4v) is 3.66. The largest absolute Gasteiger partial charge is 0.493 e. The number of anilines is 2. The van der Waals surface area contributed by atoms with Crippen LogP contribution < -0.4 is 19.5 Å². The van der Waals surface area contributed by atoms with Gasteiger partial charge >= 0.3 is 0 Å². The Morgan fingerprint density at radius 2 is 1.71 bits per heavy atom. The number of hydrogen-bond acceptors (Lipinski definition) is 8. The van der Waals surface area contributed by atoms with Crippen molar-refractivity contribution in [3.63, 3.8) is 0 Å².